The van der Waals surface area contributed by atoms with Gasteiger partial charge < -0.3 is 18.9 Å². The van der Waals surface area contributed by atoms with E-state index < -0.39 is 13.5 Å². The normalized spacial score (nSPS) is 12.9. The summed E-state index contributed by atoms with van der Waals surface area (Å²) in [4.78, 5) is 0. The molecule has 0 aliphatic carbocycles. The minimum atomic E-state index is -3.34. The zero-order chi connectivity index (χ0) is 11.0. The maximum atomic E-state index is 11.7. The lowest BCUT2D eigenvalue weighted by molar-refractivity contribution is 0.102. The van der Waals surface area contributed by atoms with Crippen LogP contribution < -0.4 is 0 Å². The van der Waals surface area contributed by atoms with Crippen LogP contribution in [0.5, 0.6) is 0 Å². The van der Waals surface area contributed by atoms with E-state index in [1.54, 1.807) is 20.8 Å². The second kappa shape index (κ2) is 6.87. The highest BCUT2D eigenvalue weighted by molar-refractivity contribution is 7.57. The fourth-order valence-corrected chi connectivity index (χ4v) is 2.08. The largest absolute Gasteiger partial charge is 0.481 e. The zero-order valence-electron chi connectivity index (χ0n) is 8.73. The minimum absolute atomic E-state index is 0.243. The third kappa shape index (κ3) is 5.27. The summed E-state index contributed by atoms with van der Waals surface area (Å²) in [5.74, 6) is 0.543. The molecule has 0 saturated carbocycles. The molecule has 0 atom stereocenters. The van der Waals surface area contributed by atoms with Crippen LogP contribution in [0, 0.1) is 0 Å². The first-order chi connectivity index (χ1) is 6.58. The van der Waals surface area contributed by atoms with Gasteiger partial charge in [-0.25, -0.2) is 0 Å². The molecule has 0 heterocycles. The van der Waals surface area contributed by atoms with Crippen LogP contribution in [0.25, 0.3) is 0 Å². The average molecular weight is 224 g/mol. The number of hydrogen-bond donors (Lipinski definition) is 1. The number of ether oxygens (including phenoxy) is 1. The standard InChI is InChI=1S/C8H17O5P/c1-4-11-8(9)7-14(10,12-5-2)13-6-3/h7,9H,4-6H2,1-3H3. The molecular weight excluding hydrogens is 207 g/mol. The Labute approximate surface area is 84.2 Å². The fraction of sp³-hybridized carbons (Fsp3) is 0.750. The molecule has 0 aromatic carbocycles. The van der Waals surface area contributed by atoms with E-state index in [4.69, 9.17) is 18.9 Å². The van der Waals surface area contributed by atoms with Crippen molar-refractivity contribution in [3.05, 3.63) is 11.8 Å². The molecule has 14 heavy (non-hydrogen) atoms. The van der Waals surface area contributed by atoms with E-state index in [1.807, 2.05) is 0 Å². The summed E-state index contributed by atoms with van der Waals surface area (Å²) in [6.45, 7) is 5.87. The first kappa shape index (κ1) is 13.5. The Morgan fingerprint density at radius 1 is 1.21 bits per heavy atom. The average Bonchev–Trinajstić information content (AvgIpc) is 2.04. The van der Waals surface area contributed by atoms with E-state index in [1.165, 1.54) is 0 Å². The summed E-state index contributed by atoms with van der Waals surface area (Å²) in [5.41, 5.74) is 0. The van der Waals surface area contributed by atoms with Crippen molar-refractivity contribution >= 4 is 7.60 Å². The molecule has 0 rings (SSSR count). The Kier molecular flexibility index (Phi) is 6.62. The lowest BCUT2D eigenvalue weighted by Crippen LogP contribution is -1.96. The predicted octanol–water partition coefficient (Wildman–Crippen LogP) is 2.65. The van der Waals surface area contributed by atoms with Crippen molar-refractivity contribution in [2.75, 3.05) is 19.8 Å². The van der Waals surface area contributed by atoms with Gasteiger partial charge in [-0.2, -0.15) is 0 Å². The molecule has 0 bridgehead atoms. The van der Waals surface area contributed by atoms with Crippen LogP contribution in [-0.2, 0) is 18.3 Å². The van der Waals surface area contributed by atoms with Crippen molar-refractivity contribution in [1.29, 1.82) is 0 Å². The van der Waals surface area contributed by atoms with E-state index in [2.05, 4.69) is 0 Å². The number of aliphatic hydroxyl groups excluding tert-OH is 1. The highest BCUT2D eigenvalue weighted by atomic mass is 31.2. The van der Waals surface area contributed by atoms with E-state index >= 15 is 0 Å². The molecule has 0 aromatic heterocycles. The molecule has 0 saturated heterocycles. The van der Waals surface area contributed by atoms with Crippen LogP contribution in [0.3, 0.4) is 0 Å². The van der Waals surface area contributed by atoms with Crippen LogP contribution in [-0.4, -0.2) is 24.9 Å². The lowest BCUT2D eigenvalue weighted by Gasteiger charge is -2.13. The molecule has 0 unspecified atom stereocenters. The van der Waals surface area contributed by atoms with Crippen LogP contribution in [0.4, 0.5) is 0 Å². The third-order valence-corrected chi connectivity index (χ3v) is 2.95. The monoisotopic (exact) mass is 224 g/mol. The number of hydrogen-bond acceptors (Lipinski definition) is 5. The molecule has 0 aliphatic rings. The van der Waals surface area contributed by atoms with Gasteiger partial charge in [0.2, 0.25) is 0 Å². The maximum absolute atomic E-state index is 11.7. The molecule has 0 aromatic rings. The third-order valence-electron chi connectivity index (χ3n) is 1.18. The molecular formula is C8H17O5P. The molecule has 5 nitrogen and oxygen atoms in total. The van der Waals surface area contributed by atoms with Crippen molar-refractivity contribution in [2.24, 2.45) is 0 Å². The van der Waals surface area contributed by atoms with Gasteiger partial charge in [0.25, 0.3) is 5.95 Å². The second-order valence-electron chi connectivity index (χ2n) is 2.28. The van der Waals surface area contributed by atoms with Gasteiger partial charge >= 0.3 is 7.60 Å². The summed E-state index contributed by atoms with van der Waals surface area (Å²) in [6, 6.07) is 0. The first-order valence-electron chi connectivity index (χ1n) is 4.51. The van der Waals surface area contributed by atoms with Crippen molar-refractivity contribution in [3.63, 3.8) is 0 Å². The summed E-state index contributed by atoms with van der Waals surface area (Å²) < 4.78 is 26.3. The molecule has 6 heteroatoms. The summed E-state index contributed by atoms with van der Waals surface area (Å²) >= 11 is 0. The second-order valence-corrected chi connectivity index (χ2v) is 4.13. The van der Waals surface area contributed by atoms with Crippen molar-refractivity contribution in [3.8, 4) is 0 Å². The van der Waals surface area contributed by atoms with Gasteiger partial charge in [0, 0.05) is 0 Å². The van der Waals surface area contributed by atoms with Gasteiger partial charge in [0.1, 0.15) is 5.82 Å². The van der Waals surface area contributed by atoms with E-state index in [9.17, 15) is 4.57 Å². The maximum Gasteiger partial charge on any atom is 0.361 e. The van der Waals surface area contributed by atoms with Gasteiger partial charge in [0.05, 0.1) is 19.8 Å². The molecule has 0 aliphatic heterocycles. The topological polar surface area (TPSA) is 65.0 Å². The molecule has 0 radical (unpaired) electrons. The fourth-order valence-electron chi connectivity index (χ4n) is 0.792. The van der Waals surface area contributed by atoms with Crippen LogP contribution in [0.2, 0.25) is 0 Å². The van der Waals surface area contributed by atoms with Crippen molar-refractivity contribution < 1.29 is 23.5 Å². The Morgan fingerprint density at radius 3 is 2.07 bits per heavy atom. The van der Waals surface area contributed by atoms with Gasteiger partial charge in [-0.1, -0.05) is 0 Å². The first-order valence-corrected chi connectivity index (χ1v) is 6.12. The smallest absolute Gasteiger partial charge is 0.361 e. The van der Waals surface area contributed by atoms with Crippen LogP contribution >= 0.6 is 7.60 Å². The molecule has 1 N–H and O–H groups in total. The summed E-state index contributed by atoms with van der Waals surface area (Å²) in [5, 5.41) is 9.14. The molecule has 0 spiro atoms. The predicted molar refractivity (Wildman–Crippen MR) is 53.2 cm³/mol. The Bertz CT molecular complexity index is 216. The molecule has 0 fully saturated rings. The summed E-state index contributed by atoms with van der Waals surface area (Å²) in [6.07, 6.45) is 0. The van der Waals surface area contributed by atoms with Crippen LogP contribution in [0.1, 0.15) is 20.8 Å². The van der Waals surface area contributed by atoms with Gasteiger partial charge in [-0.15, -0.1) is 0 Å². The van der Waals surface area contributed by atoms with E-state index in [-0.39, 0.29) is 13.2 Å². The minimum Gasteiger partial charge on any atom is -0.481 e. The van der Waals surface area contributed by atoms with E-state index in [0.717, 1.165) is 5.82 Å². The number of rotatable bonds is 7. The lowest BCUT2D eigenvalue weighted by atomic mass is 10.8. The van der Waals surface area contributed by atoms with Gasteiger partial charge in [-0.05, 0) is 20.8 Å². The van der Waals surface area contributed by atoms with Crippen molar-refractivity contribution in [2.45, 2.75) is 20.8 Å². The molecule has 84 valence electrons. The van der Waals surface area contributed by atoms with Crippen molar-refractivity contribution in [1.82, 2.24) is 0 Å². The Morgan fingerprint density at radius 2 is 1.71 bits per heavy atom. The highest BCUT2D eigenvalue weighted by Crippen LogP contribution is 2.50. The zero-order valence-corrected chi connectivity index (χ0v) is 9.62. The highest BCUT2D eigenvalue weighted by Gasteiger charge is 2.22. The summed E-state index contributed by atoms with van der Waals surface area (Å²) in [7, 11) is -3.34. The molecule has 0 amide bonds. The van der Waals surface area contributed by atoms with Gasteiger partial charge in [0.15, 0.2) is 0 Å². The Balaban J connectivity index is 4.48. The van der Waals surface area contributed by atoms with Gasteiger partial charge in [-0.3, -0.25) is 4.57 Å². The number of aliphatic hydroxyl groups is 1. The SMILES string of the molecule is CCOC(O)=CP(=O)(OCC)OCC. The quantitative estimate of drug-likeness (QED) is 0.532. The van der Waals surface area contributed by atoms with Crippen LogP contribution in [0.15, 0.2) is 11.8 Å². The Hall–Kier alpha value is -0.510. The van der Waals surface area contributed by atoms with E-state index in [0.29, 0.717) is 6.61 Å².